The van der Waals surface area contributed by atoms with Crippen LogP contribution in [-0.2, 0) is 6.54 Å². The summed E-state index contributed by atoms with van der Waals surface area (Å²) in [5.41, 5.74) is 3.54. The molecule has 180 valence electrons. The average Bonchev–Trinajstić information content (AvgIpc) is 3.64. The Morgan fingerprint density at radius 2 is 1.74 bits per heavy atom. The second-order valence-electron chi connectivity index (χ2n) is 9.24. The molecular weight excluding hydrogens is 441 g/mol. The SMILES string of the molecule is Cc1nn(-c2ccccc2)c(Oc2cccc(F)c2)c1CN(CC1CC1)CC(O)c1ccccc1. The van der Waals surface area contributed by atoms with E-state index in [1.54, 1.807) is 16.8 Å². The van der Waals surface area contributed by atoms with Gasteiger partial charge in [0, 0.05) is 25.7 Å². The van der Waals surface area contributed by atoms with Crippen LogP contribution in [0.3, 0.4) is 0 Å². The Labute approximate surface area is 205 Å². The van der Waals surface area contributed by atoms with Crippen molar-refractivity contribution in [2.75, 3.05) is 13.1 Å². The van der Waals surface area contributed by atoms with Crippen molar-refractivity contribution in [3.05, 3.63) is 108 Å². The van der Waals surface area contributed by atoms with Crippen LogP contribution in [0.15, 0.2) is 84.9 Å². The highest BCUT2D eigenvalue weighted by molar-refractivity contribution is 5.43. The number of hydrogen-bond donors (Lipinski definition) is 1. The largest absolute Gasteiger partial charge is 0.438 e. The Morgan fingerprint density at radius 3 is 2.43 bits per heavy atom. The first-order valence-electron chi connectivity index (χ1n) is 12.1. The van der Waals surface area contributed by atoms with Crippen LogP contribution in [0.5, 0.6) is 11.6 Å². The quantitative estimate of drug-likeness (QED) is 0.306. The van der Waals surface area contributed by atoms with Crippen LogP contribution >= 0.6 is 0 Å². The number of halogens is 1. The lowest BCUT2D eigenvalue weighted by atomic mass is 10.1. The molecule has 5 rings (SSSR count). The first kappa shape index (κ1) is 23.3. The molecule has 0 radical (unpaired) electrons. The molecule has 1 aliphatic rings. The molecule has 0 aliphatic heterocycles. The van der Waals surface area contributed by atoms with Gasteiger partial charge in [-0.1, -0.05) is 54.6 Å². The third kappa shape index (κ3) is 5.78. The van der Waals surface area contributed by atoms with E-state index in [0.717, 1.165) is 29.1 Å². The Hall–Kier alpha value is -3.48. The number of aliphatic hydroxyl groups excluding tert-OH is 1. The van der Waals surface area contributed by atoms with Crippen molar-refractivity contribution in [2.24, 2.45) is 5.92 Å². The number of aromatic nitrogens is 2. The number of aliphatic hydroxyl groups is 1. The van der Waals surface area contributed by atoms with Crippen LogP contribution in [0.1, 0.15) is 35.8 Å². The van der Waals surface area contributed by atoms with Gasteiger partial charge < -0.3 is 9.84 Å². The number of aryl methyl sites for hydroxylation is 1. The maximum atomic E-state index is 13.9. The molecule has 1 aromatic heterocycles. The fourth-order valence-electron chi connectivity index (χ4n) is 4.33. The normalized spacial score (nSPS) is 14.3. The first-order valence-corrected chi connectivity index (χ1v) is 12.1. The highest BCUT2D eigenvalue weighted by Gasteiger charge is 2.28. The Balaban J connectivity index is 1.48. The van der Waals surface area contributed by atoms with E-state index in [2.05, 4.69) is 4.90 Å². The molecule has 4 aromatic rings. The van der Waals surface area contributed by atoms with E-state index in [9.17, 15) is 9.50 Å². The first-order chi connectivity index (χ1) is 17.1. The predicted molar refractivity (Wildman–Crippen MR) is 134 cm³/mol. The number of rotatable bonds is 10. The molecule has 0 saturated heterocycles. The van der Waals surface area contributed by atoms with Gasteiger partial charge in [0.2, 0.25) is 5.88 Å². The van der Waals surface area contributed by atoms with Gasteiger partial charge in [0.1, 0.15) is 11.6 Å². The second kappa shape index (κ2) is 10.4. The molecule has 0 bridgehead atoms. The Morgan fingerprint density at radius 1 is 1.03 bits per heavy atom. The van der Waals surface area contributed by atoms with Crippen LogP contribution in [0, 0.1) is 18.7 Å². The molecule has 0 amide bonds. The molecule has 1 unspecified atom stereocenters. The topological polar surface area (TPSA) is 50.5 Å². The van der Waals surface area contributed by atoms with Crippen molar-refractivity contribution in [1.82, 2.24) is 14.7 Å². The molecule has 0 spiro atoms. The summed E-state index contributed by atoms with van der Waals surface area (Å²) < 4.78 is 22.0. The summed E-state index contributed by atoms with van der Waals surface area (Å²) in [6.45, 7) is 3.95. The number of hydrogen-bond acceptors (Lipinski definition) is 4. The third-order valence-electron chi connectivity index (χ3n) is 6.36. The molecular formula is C29H30FN3O2. The van der Waals surface area contributed by atoms with E-state index in [0.29, 0.717) is 30.6 Å². The summed E-state index contributed by atoms with van der Waals surface area (Å²) >= 11 is 0. The molecule has 1 fully saturated rings. The summed E-state index contributed by atoms with van der Waals surface area (Å²) in [6.07, 6.45) is 1.84. The standard InChI is InChI=1S/C29H30FN3O2/c1-21-27(19-32(18-22-15-16-22)20-28(34)23-9-4-2-5-10-23)29(35-26-14-8-11-24(30)17-26)33(31-21)25-12-6-3-7-13-25/h2-14,17,22,28,34H,15-16,18-20H2,1H3. The Kier molecular flexibility index (Phi) is 6.93. The zero-order valence-electron chi connectivity index (χ0n) is 19.8. The van der Waals surface area contributed by atoms with Crippen molar-refractivity contribution in [1.29, 1.82) is 0 Å². The maximum absolute atomic E-state index is 13.9. The zero-order chi connectivity index (χ0) is 24.2. The van der Waals surface area contributed by atoms with Crippen molar-refractivity contribution >= 4 is 0 Å². The van der Waals surface area contributed by atoms with Gasteiger partial charge in [-0.05, 0) is 55.5 Å². The smallest absolute Gasteiger partial charge is 0.227 e. The fourth-order valence-corrected chi connectivity index (χ4v) is 4.33. The zero-order valence-corrected chi connectivity index (χ0v) is 19.8. The van der Waals surface area contributed by atoms with E-state index in [4.69, 9.17) is 9.84 Å². The van der Waals surface area contributed by atoms with Gasteiger partial charge in [-0.2, -0.15) is 5.10 Å². The summed E-state index contributed by atoms with van der Waals surface area (Å²) in [5, 5.41) is 15.7. The van der Waals surface area contributed by atoms with Crippen LogP contribution < -0.4 is 4.74 Å². The summed E-state index contributed by atoms with van der Waals surface area (Å²) in [4.78, 5) is 2.28. The number of nitrogens with zero attached hydrogens (tertiary/aromatic N) is 3. The minimum atomic E-state index is -0.591. The van der Waals surface area contributed by atoms with Crippen LogP contribution in [0.25, 0.3) is 5.69 Å². The van der Waals surface area contributed by atoms with E-state index in [1.165, 1.54) is 25.0 Å². The summed E-state index contributed by atoms with van der Waals surface area (Å²) in [5.74, 6) is 1.28. The van der Waals surface area contributed by atoms with E-state index < -0.39 is 6.10 Å². The molecule has 1 heterocycles. The molecule has 1 aliphatic carbocycles. The number of benzene rings is 3. The van der Waals surface area contributed by atoms with Gasteiger partial charge in [-0.15, -0.1) is 0 Å². The van der Waals surface area contributed by atoms with Crippen molar-refractivity contribution in [3.63, 3.8) is 0 Å². The Bertz CT molecular complexity index is 1260. The highest BCUT2D eigenvalue weighted by atomic mass is 19.1. The van der Waals surface area contributed by atoms with Crippen LogP contribution in [-0.4, -0.2) is 32.9 Å². The third-order valence-corrected chi connectivity index (χ3v) is 6.36. The van der Waals surface area contributed by atoms with Gasteiger partial charge in [0.25, 0.3) is 0 Å². The lowest BCUT2D eigenvalue weighted by molar-refractivity contribution is 0.105. The minimum absolute atomic E-state index is 0.354. The predicted octanol–water partition coefficient (Wildman–Crippen LogP) is 6.06. The van der Waals surface area contributed by atoms with Gasteiger partial charge in [0.15, 0.2) is 0 Å². The maximum Gasteiger partial charge on any atom is 0.227 e. The van der Waals surface area contributed by atoms with Gasteiger partial charge >= 0.3 is 0 Å². The lowest BCUT2D eigenvalue weighted by Gasteiger charge is -2.25. The van der Waals surface area contributed by atoms with Crippen LogP contribution in [0.2, 0.25) is 0 Å². The number of para-hydroxylation sites is 1. The molecule has 1 N–H and O–H groups in total. The van der Waals surface area contributed by atoms with Gasteiger partial charge in [-0.25, -0.2) is 9.07 Å². The molecule has 5 nitrogen and oxygen atoms in total. The molecule has 1 atom stereocenters. The number of ether oxygens (including phenoxy) is 1. The molecule has 6 heteroatoms. The monoisotopic (exact) mass is 471 g/mol. The lowest BCUT2D eigenvalue weighted by Crippen LogP contribution is -2.30. The minimum Gasteiger partial charge on any atom is -0.438 e. The summed E-state index contributed by atoms with van der Waals surface area (Å²) in [6, 6.07) is 25.7. The van der Waals surface area contributed by atoms with Gasteiger partial charge in [0.05, 0.1) is 23.0 Å². The second-order valence-corrected chi connectivity index (χ2v) is 9.24. The molecule has 35 heavy (non-hydrogen) atoms. The van der Waals surface area contributed by atoms with E-state index >= 15 is 0 Å². The fraction of sp³-hybridized carbons (Fsp3) is 0.276. The van der Waals surface area contributed by atoms with E-state index in [1.807, 2.05) is 67.6 Å². The molecule has 1 saturated carbocycles. The van der Waals surface area contributed by atoms with Crippen molar-refractivity contribution in [3.8, 4) is 17.3 Å². The van der Waals surface area contributed by atoms with Crippen molar-refractivity contribution < 1.29 is 14.2 Å². The van der Waals surface area contributed by atoms with Crippen LogP contribution in [0.4, 0.5) is 4.39 Å². The van der Waals surface area contributed by atoms with E-state index in [-0.39, 0.29) is 5.82 Å². The molecule has 3 aromatic carbocycles. The summed E-state index contributed by atoms with van der Waals surface area (Å²) in [7, 11) is 0. The van der Waals surface area contributed by atoms with Gasteiger partial charge in [-0.3, -0.25) is 4.90 Å². The highest BCUT2D eigenvalue weighted by Crippen LogP contribution is 2.35. The average molecular weight is 472 g/mol. The van der Waals surface area contributed by atoms with Crippen molar-refractivity contribution in [2.45, 2.75) is 32.4 Å².